The smallest absolute Gasteiger partial charge is 0.275 e. The Hall–Kier alpha value is -4.11. The van der Waals surface area contributed by atoms with Crippen LogP contribution in [0.3, 0.4) is 0 Å². The number of hydrogen-bond donors (Lipinski definition) is 1. The van der Waals surface area contributed by atoms with Gasteiger partial charge in [0.1, 0.15) is 11.9 Å². The molecule has 8 nitrogen and oxygen atoms in total. The molecule has 9 heteroatoms. The molecule has 0 aromatic heterocycles. The highest BCUT2D eigenvalue weighted by atomic mass is 32.2. The summed E-state index contributed by atoms with van der Waals surface area (Å²) in [4.78, 5) is 37.6. The Morgan fingerprint density at radius 3 is 2.67 bits per heavy atom. The Labute approximate surface area is 212 Å². The number of benzene rings is 3. The molecule has 1 N–H and O–H groups in total. The van der Waals surface area contributed by atoms with Gasteiger partial charge in [-0.05, 0) is 36.2 Å². The SMILES string of the molecule is CCC(SC1=Nc2ccccc2C2=NC(=O)C(c3ccccc3)N12)C(=O)Nc1ccc2c(c1)OCO2. The molecule has 0 fully saturated rings. The van der Waals surface area contributed by atoms with Gasteiger partial charge in [0.2, 0.25) is 12.7 Å². The van der Waals surface area contributed by atoms with E-state index in [-0.39, 0.29) is 18.6 Å². The second kappa shape index (κ2) is 9.16. The summed E-state index contributed by atoms with van der Waals surface area (Å²) in [6.07, 6.45) is 0.561. The highest BCUT2D eigenvalue weighted by Crippen LogP contribution is 2.41. The van der Waals surface area contributed by atoms with E-state index in [9.17, 15) is 9.59 Å². The van der Waals surface area contributed by atoms with Crippen LogP contribution >= 0.6 is 11.8 Å². The molecule has 36 heavy (non-hydrogen) atoms. The molecule has 3 heterocycles. The average molecular weight is 499 g/mol. The van der Waals surface area contributed by atoms with Crippen molar-refractivity contribution in [2.45, 2.75) is 24.6 Å². The van der Waals surface area contributed by atoms with Crippen LogP contribution in [0.1, 0.15) is 30.5 Å². The largest absolute Gasteiger partial charge is 0.454 e. The van der Waals surface area contributed by atoms with E-state index in [1.54, 1.807) is 18.2 Å². The van der Waals surface area contributed by atoms with Crippen molar-refractivity contribution < 1.29 is 19.1 Å². The number of carbonyl (C=O) groups is 2. The number of thioether (sulfide) groups is 1. The quantitative estimate of drug-likeness (QED) is 0.538. The number of para-hydroxylation sites is 1. The van der Waals surface area contributed by atoms with E-state index in [0.29, 0.717) is 34.6 Å². The first kappa shape index (κ1) is 22.4. The molecule has 6 rings (SSSR count). The second-order valence-corrected chi connectivity index (χ2v) is 9.61. The minimum atomic E-state index is -0.629. The fourth-order valence-corrected chi connectivity index (χ4v) is 5.46. The monoisotopic (exact) mass is 498 g/mol. The van der Waals surface area contributed by atoms with E-state index in [0.717, 1.165) is 16.8 Å². The maximum absolute atomic E-state index is 13.3. The predicted molar refractivity (Wildman–Crippen MR) is 139 cm³/mol. The van der Waals surface area contributed by atoms with E-state index in [1.165, 1.54) is 11.8 Å². The van der Waals surface area contributed by atoms with Crippen molar-refractivity contribution in [3.8, 4) is 11.5 Å². The van der Waals surface area contributed by atoms with Gasteiger partial charge in [-0.25, -0.2) is 4.99 Å². The van der Waals surface area contributed by atoms with Crippen molar-refractivity contribution in [2.24, 2.45) is 9.98 Å². The van der Waals surface area contributed by atoms with Gasteiger partial charge in [0, 0.05) is 17.3 Å². The molecule has 3 aliphatic heterocycles. The first-order valence-electron chi connectivity index (χ1n) is 11.6. The highest BCUT2D eigenvalue weighted by molar-refractivity contribution is 8.15. The minimum absolute atomic E-state index is 0.164. The van der Waals surface area contributed by atoms with E-state index in [4.69, 9.17) is 14.5 Å². The maximum Gasteiger partial charge on any atom is 0.275 e. The van der Waals surface area contributed by atoms with Gasteiger partial charge in [-0.2, -0.15) is 4.99 Å². The number of fused-ring (bicyclic) bond motifs is 4. The Kier molecular flexibility index (Phi) is 5.69. The molecule has 0 aliphatic carbocycles. The summed E-state index contributed by atoms with van der Waals surface area (Å²) < 4.78 is 10.8. The Morgan fingerprint density at radius 1 is 1.06 bits per heavy atom. The van der Waals surface area contributed by atoms with E-state index < -0.39 is 11.3 Å². The number of nitrogens with zero attached hydrogens (tertiary/aromatic N) is 3. The summed E-state index contributed by atoms with van der Waals surface area (Å²) >= 11 is 1.33. The van der Waals surface area contributed by atoms with Crippen molar-refractivity contribution in [3.05, 3.63) is 83.9 Å². The number of ether oxygens (including phenoxy) is 2. The number of carbonyl (C=O) groups excluding carboxylic acids is 2. The van der Waals surface area contributed by atoms with Crippen LogP contribution in [0, 0.1) is 0 Å². The van der Waals surface area contributed by atoms with Crippen LogP contribution in [-0.4, -0.2) is 39.8 Å². The van der Waals surface area contributed by atoms with Crippen LogP contribution in [0.5, 0.6) is 11.5 Å². The molecule has 3 aliphatic rings. The molecular weight excluding hydrogens is 476 g/mol. The number of aliphatic imine (C=N–C) groups is 2. The molecule has 2 amide bonds. The van der Waals surface area contributed by atoms with Gasteiger partial charge in [-0.3, -0.25) is 14.5 Å². The lowest BCUT2D eigenvalue weighted by molar-refractivity contribution is -0.119. The fourth-order valence-electron chi connectivity index (χ4n) is 4.42. The van der Waals surface area contributed by atoms with Gasteiger partial charge < -0.3 is 14.8 Å². The molecule has 180 valence electrons. The molecule has 3 aromatic carbocycles. The predicted octanol–water partition coefficient (Wildman–Crippen LogP) is 4.90. The number of rotatable bonds is 5. The summed E-state index contributed by atoms with van der Waals surface area (Å²) in [7, 11) is 0. The van der Waals surface area contributed by atoms with Crippen molar-refractivity contribution in [3.63, 3.8) is 0 Å². The van der Waals surface area contributed by atoms with E-state index >= 15 is 0 Å². The molecule has 0 bridgehead atoms. The van der Waals surface area contributed by atoms with Crippen LogP contribution in [0.25, 0.3) is 0 Å². The molecule has 0 spiro atoms. The maximum atomic E-state index is 13.3. The molecule has 2 atom stereocenters. The number of amidine groups is 2. The third-order valence-corrected chi connectivity index (χ3v) is 7.50. The number of anilines is 1. The Bertz CT molecular complexity index is 1420. The standard InChI is InChI=1S/C27H22N4O4S/c1-2-22(25(32)28-17-12-13-20-21(14-17)35-15-34-20)36-27-29-19-11-7-6-10-18(19)24-30-26(33)23(31(24)27)16-8-4-3-5-9-16/h3-14,22-23H,2,15H2,1H3,(H,28,32). The Morgan fingerprint density at radius 2 is 1.83 bits per heavy atom. The molecule has 0 saturated heterocycles. The lowest BCUT2D eigenvalue weighted by Crippen LogP contribution is -2.40. The molecule has 0 radical (unpaired) electrons. The number of amides is 2. The summed E-state index contributed by atoms with van der Waals surface area (Å²) in [5.74, 6) is 1.40. The van der Waals surface area contributed by atoms with Crippen molar-refractivity contribution >= 4 is 46.0 Å². The van der Waals surface area contributed by atoms with Gasteiger partial charge in [-0.15, -0.1) is 0 Å². The zero-order chi connectivity index (χ0) is 24.6. The van der Waals surface area contributed by atoms with Crippen LogP contribution in [0.4, 0.5) is 11.4 Å². The highest BCUT2D eigenvalue weighted by Gasteiger charge is 2.43. The summed E-state index contributed by atoms with van der Waals surface area (Å²) in [5.41, 5.74) is 2.97. The van der Waals surface area contributed by atoms with E-state index in [1.807, 2.05) is 66.4 Å². The van der Waals surface area contributed by atoms with Crippen LogP contribution in [-0.2, 0) is 9.59 Å². The van der Waals surface area contributed by atoms with Gasteiger partial charge >= 0.3 is 0 Å². The summed E-state index contributed by atoms with van der Waals surface area (Å²) in [6.45, 7) is 2.12. The normalized spacial score (nSPS) is 18.2. The fraction of sp³-hybridized carbons (Fsp3) is 0.185. The first-order valence-corrected chi connectivity index (χ1v) is 12.5. The molecular formula is C27H22N4O4S. The zero-order valence-corrected chi connectivity index (χ0v) is 20.2. The van der Waals surface area contributed by atoms with Crippen molar-refractivity contribution in [2.75, 3.05) is 12.1 Å². The van der Waals surface area contributed by atoms with Gasteiger partial charge in [0.15, 0.2) is 16.7 Å². The van der Waals surface area contributed by atoms with Gasteiger partial charge in [0.25, 0.3) is 5.91 Å². The van der Waals surface area contributed by atoms with Gasteiger partial charge in [0.05, 0.1) is 10.9 Å². The van der Waals surface area contributed by atoms with E-state index in [2.05, 4.69) is 10.3 Å². The third kappa shape index (κ3) is 3.91. The molecule has 0 saturated carbocycles. The minimum Gasteiger partial charge on any atom is -0.454 e. The molecule has 2 unspecified atom stereocenters. The zero-order valence-electron chi connectivity index (χ0n) is 19.4. The van der Waals surface area contributed by atoms with Crippen molar-refractivity contribution in [1.82, 2.24) is 4.90 Å². The van der Waals surface area contributed by atoms with Crippen LogP contribution in [0.15, 0.2) is 82.8 Å². The number of nitrogens with one attached hydrogen (secondary N) is 1. The summed E-state index contributed by atoms with van der Waals surface area (Å²) in [6, 6.07) is 21.8. The average Bonchev–Trinajstić information content (AvgIpc) is 3.51. The van der Waals surface area contributed by atoms with Crippen LogP contribution in [0.2, 0.25) is 0 Å². The number of hydrogen-bond acceptors (Lipinski definition) is 7. The topological polar surface area (TPSA) is 92.6 Å². The Balaban J connectivity index is 1.31. The lowest BCUT2D eigenvalue weighted by atomic mass is 10.0. The lowest BCUT2D eigenvalue weighted by Gasteiger charge is -2.32. The molecule has 3 aromatic rings. The third-order valence-electron chi connectivity index (χ3n) is 6.17. The van der Waals surface area contributed by atoms with Crippen molar-refractivity contribution in [1.29, 1.82) is 0 Å². The second-order valence-electron chi connectivity index (χ2n) is 8.44. The van der Waals surface area contributed by atoms with Gasteiger partial charge in [-0.1, -0.05) is 61.2 Å². The first-order chi connectivity index (χ1) is 17.6. The summed E-state index contributed by atoms with van der Waals surface area (Å²) in [5, 5.41) is 3.09. The van der Waals surface area contributed by atoms with Crippen LogP contribution < -0.4 is 14.8 Å².